The number of amides is 2. The van der Waals surface area contributed by atoms with Gasteiger partial charge in [-0.1, -0.05) is 11.6 Å². The molecule has 1 aliphatic carbocycles. The summed E-state index contributed by atoms with van der Waals surface area (Å²) < 4.78 is 68.1. The molecule has 2 heterocycles. The van der Waals surface area contributed by atoms with Gasteiger partial charge in [0.15, 0.2) is 0 Å². The minimum Gasteiger partial charge on any atom is -0.328 e. The maximum atomic E-state index is 14.7. The molecular weight excluding hydrogens is 435 g/mol. The molecule has 1 aromatic heterocycles. The second-order valence-electron chi connectivity index (χ2n) is 7.11. The van der Waals surface area contributed by atoms with Crippen molar-refractivity contribution in [2.45, 2.75) is 24.2 Å². The van der Waals surface area contributed by atoms with Crippen LogP contribution in [-0.2, 0) is 16.4 Å². The van der Waals surface area contributed by atoms with Crippen molar-refractivity contribution in [2.75, 3.05) is 18.4 Å². The number of anilines is 1. The number of halogens is 6. The zero-order valence-electron chi connectivity index (χ0n) is 14.9. The Hall–Kier alpha value is -2.82. The molecule has 1 fully saturated rings. The van der Waals surface area contributed by atoms with Gasteiger partial charge in [-0.15, -0.1) is 0 Å². The lowest BCUT2D eigenvalue weighted by atomic mass is 9.84. The summed E-state index contributed by atoms with van der Waals surface area (Å²) in [7, 11) is 0. The van der Waals surface area contributed by atoms with E-state index in [1.54, 1.807) is 0 Å². The van der Waals surface area contributed by atoms with Crippen molar-refractivity contribution < 1.29 is 31.5 Å². The average Bonchev–Trinajstić information content (AvgIpc) is 3.29. The zero-order chi connectivity index (χ0) is 21.8. The van der Waals surface area contributed by atoms with Crippen LogP contribution >= 0.6 is 11.6 Å². The van der Waals surface area contributed by atoms with Gasteiger partial charge in [0.2, 0.25) is 11.9 Å². The number of hydrogen-bond acceptors (Lipinski definition) is 4. The maximum Gasteiger partial charge on any atom is 0.419 e. The average molecular weight is 447 g/mol. The van der Waals surface area contributed by atoms with E-state index in [4.69, 9.17) is 11.6 Å². The van der Waals surface area contributed by atoms with Gasteiger partial charge in [0.1, 0.15) is 18.5 Å². The highest BCUT2D eigenvalue weighted by molar-refractivity contribution is 6.30. The van der Waals surface area contributed by atoms with Crippen molar-refractivity contribution in [3.05, 3.63) is 52.1 Å². The Morgan fingerprint density at radius 1 is 1.30 bits per heavy atom. The molecule has 0 unspecified atom stereocenters. The van der Waals surface area contributed by atoms with Gasteiger partial charge in [-0.2, -0.15) is 13.2 Å². The van der Waals surface area contributed by atoms with E-state index in [0.717, 1.165) is 11.0 Å². The minimum absolute atomic E-state index is 0.0837. The third-order valence-electron chi connectivity index (χ3n) is 5.12. The highest BCUT2D eigenvalue weighted by atomic mass is 35.5. The number of nitrogens with zero attached hydrogens (tertiary/aromatic N) is 3. The number of alkyl halides is 4. The Kier molecular flexibility index (Phi) is 4.68. The number of fused-ring (bicyclic) bond motifs is 2. The number of aromatic nitrogens is 2. The van der Waals surface area contributed by atoms with Gasteiger partial charge in [-0.25, -0.2) is 18.7 Å². The predicted octanol–water partition coefficient (Wildman–Crippen LogP) is 3.36. The van der Waals surface area contributed by atoms with Crippen molar-refractivity contribution in [3.63, 3.8) is 0 Å². The number of nitrogens with one attached hydrogen (secondary N) is 1. The van der Waals surface area contributed by atoms with Crippen LogP contribution in [0.2, 0.25) is 5.02 Å². The summed E-state index contributed by atoms with van der Waals surface area (Å²) in [5.41, 5.74) is -4.13. The van der Waals surface area contributed by atoms with Gasteiger partial charge in [0, 0.05) is 17.7 Å². The van der Waals surface area contributed by atoms with Gasteiger partial charge >= 0.3 is 6.18 Å². The molecule has 2 aromatic rings. The van der Waals surface area contributed by atoms with Crippen molar-refractivity contribution in [2.24, 2.45) is 0 Å². The Labute approximate surface area is 171 Å². The summed E-state index contributed by atoms with van der Waals surface area (Å²) in [6, 6.07) is 1.27. The van der Waals surface area contributed by atoms with E-state index in [0.29, 0.717) is 6.07 Å². The zero-order valence-corrected chi connectivity index (χ0v) is 15.7. The van der Waals surface area contributed by atoms with Crippen molar-refractivity contribution >= 4 is 29.4 Å². The molecule has 1 aliphatic heterocycles. The van der Waals surface area contributed by atoms with E-state index >= 15 is 0 Å². The summed E-state index contributed by atoms with van der Waals surface area (Å²) in [6.45, 7) is -0.964. The van der Waals surface area contributed by atoms with Crippen LogP contribution in [0.5, 0.6) is 0 Å². The number of carbonyl (C=O) groups is 2. The first-order chi connectivity index (χ1) is 14.0. The summed E-state index contributed by atoms with van der Waals surface area (Å²) in [4.78, 5) is 33.5. The van der Waals surface area contributed by atoms with Gasteiger partial charge in [0.05, 0.1) is 28.4 Å². The fraction of sp³-hybridized carbons (Fsp3) is 0.333. The monoisotopic (exact) mass is 446 g/mol. The quantitative estimate of drug-likeness (QED) is 0.734. The molecule has 2 atom stereocenters. The Bertz CT molecular complexity index is 1050. The van der Waals surface area contributed by atoms with E-state index in [-0.39, 0.29) is 23.0 Å². The summed E-state index contributed by atoms with van der Waals surface area (Å²) in [6.07, 6.45) is -4.39. The first-order valence-corrected chi connectivity index (χ1v) is 9.01. The highest BCUT2D eigenvalue weighted by Gasteiger charge is 2.63. The Balaban J connectivity index is 1.62. The van der Waals surface area contributed by atoms with Crippen LogP contribution < -0.4 is 5.32 Å². The lowest BCUT2D eigenvalue weighted by Crippen LogP contribution is -2.48. The van der Waals surface area contributed by atoms with Crippen LogP contribution in [0.4, 0.5) is 27.9 Å². The standard InChI is InChI=1S/C18H12ClF5N4O2/c19-8-4-25-16(26-5-8)27-12(29)6-28-7-17(3-11(17)20)13-9(15(28)30)1-2-10(14(13)21)18(22,23)24/h1-2,4-5,11H,3,6-7H2,(H,25,26,27,29)/t11-,17+/m0/s1. The van der Waals surface area contributed by atoms with Crippen molar-refractivity contribution in [3.8, 4) is 0 Å². The van der Waals surface area contributed by atoms with Crippen LogP contribution in [0.25, 0.3) is 0 Å². The molecule has 1 aromatic carbocycles. The molecule has 0 radical (unpaired) electrons. The minimum atomic E-state index is -4.99. The lowest BCUT2D eigenvalue weighted by molar-refractivity contribution is -0.140. The van der Waals surface area contributed by atoms with Crippen LogP contribution in [0, 0.1) is 5.82 Å². The van der Waals surface area contributed by atoms with Gasteiger partial charge < -0.3 is 4.90 Å². The molecule has 6 nitrogen and oxygen atoms in total. The van der Waals surface area contributed by atoms with Crippen molar-refractivity contribution in [1.82, 2.24) is 14.9 Å². The van der Waals surface area contributed by atoms with Crippen molar-refractivity contribution in [1.29, 1.82) is 0 Å². The number of rotatable bonds is 3. The second-order valence-corrected chi connectivity index (χ2v) is 7.55. The fourth-order valence-corrected chi connectivity index (χ4v) is 3.74. The molecule has 4 rings (SSSR count). The van der Waals surface area contributed by atoms with E-state index in [2.05, 4.69) is 15.3 Å². The van der Waals surface area contributed by atoms with Crippen LogP contribution in [0.1, 0.15) is 27.9 Å². The first kappa shape index (κ1) is 20.5. The van der Waals surface area contributed by atoms with E-state index < -0.39 is 59.6 Å². The van der Waals surface area contributed by atoms with Gasteiger partial charge in [-0.3, -0.25) is 14.9 Å². The van der Waals surface area contributed by atoms with Gasteiger partial charge in [0.25, 0.3) is 5.91 Å². The normalized spacial score (nSPS) is 22.8. The maximum absolute atomic E-state index is 14.7. The summed E-state index contributed by atoms with van der Waals surface area (Å²) in [5, 5.41) is 2.57. The first-order valence-electron chi connectivity index (χ1n) is 8.64. The molecule has 158 valence electrons. The molecule has 1 N–H and O–H groups in total. The number of benzene rings is 1. The topological polar surface area (TPSA) is 75.2 Å². The smallest absolute Gasteiger partial charge is 0.328 e. The molecule has 12 heteroatoms. The van der Waals surface area contributed by atoms with Crippen LogP contribution in [0.3, 0.4) is 0 Å². The van der Waals surface area contributed by atoms with E-state index in [1.165, 1.54) is 12.4 Å². The molecule has 30 heavy (non-hydrogen) atoms. The molecule has 1 spiro atoms. The highest BCUT2D eigenvalue weighted by Crippen LogP contribution is 2.56. The predicted molar refractivity (Wildman–Crippen MR) is 94.2 cm³/mol. The fourth-order valence-electron chi connectivity index (χ4n) is 3.65. The summed E-state index contributed by atoms with van der Waals surface area (Å²) >= 11 is 5.65. The number of hydrogen-bond donors (Lipinski definition) is 1. The number of carbonyl (C=O) groups excluding carboxylic acids is 2. The molecular formula is C18H12ClF5N4O2. The SMILES string of the molecule is O=C(CN1C[C@@]2(C[C@@H]2F)c2c(ccc(C(F)(F)F)c2F)C1=O)Nc1ncc(Cl)cn1. The largest absolute Gasteiger partial charge is 0.419 e. The molecule has 2 aliphatic rings. The molecule has 0 bridgehead atoms. The lowest BCUT2D eigenvalue weighted by Gasteiger charge is -2.35. The third kappa shape index (κ3) is 3.36. The molecule has 2 amide bonds. The third-order valence-corrected chi connectivity index (χ3v) is 5.32. The van der Waals surface area contributed by atoms with Crippen LogP contribution in [0.15, 0.2) is 24.5 Å². The summed E-state index contributed by atoms with van der Waals surface area (Å²) in [5.74, 6) is -3.31. The molecule has 0 saturated heterocycles. The van der Waals surface area contributed by atoms with E-state index in [1.807, 2.05) is 0 Å². The van der Waals surface area contributed by atoms with Crippen LogP contribution in [-0.4, -0.2) is 45.9 Å². The Morgan fingerprint density at radius 2 is 1.93 bits per heavy atom. The van der Waals surface area contributed by atoms with Gasteiger partial charge in [-0.05, 0) is 18.6 Å². The second kappa shape index (κ2) is 6.86. The van der Waals surface area contributed by atoms with E-state index in [9.17, 15) is 31.5 Å². The Morgan fingerprint density at radius 3 is 2.50 bits per heavy atom. The molecule has 1 saturated carbocycles.